The maximum atomic E-state index is 7.54. The molecule has 2 atom stereocenters. The molecule has 0 aromatic heterocycles. The summed E-state index contributed by atoms with van der Waals surface area (Å²) in [5.41, 5.74) is 1.11. The molecule has 1 aliphatic rings. The van der Waals surface area contributed by atoms with Crippen LogP contribution in [0.5, 0.6) is 0 Å². The molecule has 1 aliphatic heterocycles. The van der Waals surface area contributed by atoms with Crippen molar-refractivity contribution < 1.29 is 9.47 Å². The molecule has 1 N–H and O–H groups in total. The van der Waals surface area contributed by atoms with E-state index in [1.807, 2.05) is 37.3 Å². The van der Waals surface area contributed by atoms with E-state index in [-0.39, 0.29) is 18.1 Å². The van der Waals surface area contributed by atoms with Gasteiger partial charge in [0.25, 0.3) is 0 Å². The molecule has 0 amide bonds. The molecule has 0 saturated carbocycles. The molecule has 0 radical (unpaired) electrons. The lowest BCUT2D eigenvalue weighted by atomic mass is 10.1. The van der Waals surface area contributed by atoms with Gasteiger partial charge in [0.05, 0.1) is 6.61 Å². The van der Waals surface area contributed by atoms with Crippen LogP contribution in [0.3, 0.4) is 0 Å². The smallest absolute Gasteiger partial charge is 0.213 e. The SMILES string of the molecule is CCOC(=N)C1OC1c1ccccc1. The maximum Gasteiger partial charge on any atom is 0.213 e. The van der Waals surface area contributed by atoms with E-state index in [1.165, 1.54) is 0 Å². The first-order valence-electron chi connectivity index (χ1n) is 4.74. The Hall–Kier alpha value is -1.35. The van der Waals surface area contributed by atoms with E-state index in [0.29, 0.717) is 6.61 Å². The second kappa shape index (κ2) is 3.80. The second-order valence-electron chi connectivity index (χ2n) is 3.19. The minimum Gasteiger partial charge on any atom is -0.479 e. The van der Waals surface area contributed by atoms with E-state index in [4.69, 9.17) is 14.9 Å². The highest BCUT2D eigenvalue weighted by molar-refractivity contribution is 5.81. The zero-order chi connectivity index (χ0) is 9.97. The van der Waals surface area contributed by atoms with E-state index in [9.17, 15) is 0 Å². The molecule has 3 nitrogen and oxygen atoms in total. The maximum absolute atomic E-state index is 7.54. The minimum atomic E-state index is -0.169. The summed E-state index contributed by atoms with van der Waals surface area (Å²) < 4.78 is 10.4. The van der Waals surface area contributed by atoms with Gasteiger partial charge in [-0.05, 0) is 12.5 Å². The van der Waals surface area contributed by atoms with Crippen molar-refractivity contribution in [1.82, 2.24) is 0 Å². The number of rotatable bonds is 3. The van der Waals surface area contributed by atoms with E-state index >= 15 is 0 Å². The van der Waals surface area contributed by atoms with Crippen molar-refractivity contribution in [3.63, 3.8) is 0 Å². The molecule has 0 aliphatic carbocycles. The van der Waals surface area contributed by atoms with Crippen LogP contribution >= 0.6 is 0 Å². The van der Waals surface area contributed by atoms with Crippen LogP contribution in [-0.2, 0) is 9.47 Å². The number of hydrogen-bond acceptors (Lipinski definition) is 3. The van der Waals surface area contributed by atoms with Gasteiger partial charge in [-0.2, -0.15) is 0 Å². The normalized spacial score (nSPS) is 24.4. The molecule has 0 spiro atoms. The Bertz CT molecular complexity index is 323. The Morgan fingerprint density at radius 3 is 2.79 bits per heavy atom. The lowest BCUT2D eigenvalue weighted by molar-refractivity contribution is 0.295. The lowest BCUT2D eigenvalue weighted by Gasteiger charge is -2.00. The van der Waals surface area contributed by atoms with Gasteiger partial charge < -0.3 is 9.47 Å². The third kappa shape index (κ3) is 1.77. The first-order valence-corrected chi connectivity index (χ1v) is 4.74. The van der Waals surface area contributed by atoms with Crippen molar-refractivity contribution in [3.8, 4) is 0 Å². The van der Waals surface area contributed by atoms with Crippen molar-refractivity contribution in [2.24, 2.45) is 0 Å². The van der Waals surface area contributed by atoms with Crippen LogP contribution in [-0.4, -0.2) is 18.6 Å². The van der Waals surface area contributed by atoms with Crippen LogP contribution in [0.1, 0.15) is 18.6 Å². The Balaban J connectivity index is 1.96. The highest BCUT2D eigenvalue weighted by atomic mass is 16.6. The summed E-state index contributed by atoms with van der Waals surface area (Å²) in [6, 6.07) is 9.92. The molecular weight excluding hydrogens is 178 g/mol. The second-order valence-corrected chi connectivity index (χ2v) is 3.19. The van der Waals surface area contributed by atoms with Crippen molar-refractivity contribution >= 4 is 5.90 Å². The van der Waals surface area contributed by atoms with E-state index < -0.39 is 0 Å². The first kappa shape index (κ1) is 9.21. The monoisotopic (exact) mass is 191 g/mol. The van der Waals surface area contributed by atoms with Crippen LogP contribution in [0.2, 0.25) is 0 Å². The fourth-order valence-corrected chi connectivity index (χ4v) is 1.45. The van der Waals surface area contributed by atoms with Crippen LogP contribution in [0.25, 0.3) is 0 Å². The van der Waals surface area contributed by atoms with Gasteiger partial charge in [0, 0.05) is 0 Å². The predicted octanol–water partition coefficient (Wildman–Crippen LogP) is 2.14. The van der Waals surface area contributed by atoms with Crippen molar-refractivity contribution in [2.75, 3.05) is 6.61 Å². The van der Waals surface area contributed by atoms with Crippen molar-refractivity contribution in [2.45, 2.75) is 19.1 Å². The first-order chi connectivity index (χ1) is 6.83. The van der Waals surface area contributed by atoms with Crippen molar-refractivity contribution in [3.05, 3.63) is 35.9 Å². The molecule has 3 heteroatoms. The number of nitrogens with one attached hydrogen (secondary N) is 1. The molecule has 1 fully saturated rings. The van der Waals surface area contributed by atoms with Crippen LogP contribution in [0.4, 0.5) is 0 Å². The van der Waals surface area contributed by atoms with Gasteiger partial charge in [-0.15, -0.1) is 0 Å². The fourth-order valence-electron chi connectivity index (χ4n) is 1.45. The summed E-state index contributed by atoms with van der Waals surface area (Å²) in [4.78, 5) is 0. The summed E-state index contributed by atoms with van der Waals surface area (Å²) in [5, 5.41) is 7.54. The predicted molar refractivity (Wildman–Crippen MR) is 53.4 cm³/mol. The van der Waals surface area contributed by atoms with Gasteiger partial charge in [0.2, 0.25) is 5.90 Å². The molecular formula is C11H13NO2. The molecule has 2 rings (SSSR count). The molecule has 1 heterocycles. The van der Waals surface area contributed by atoms with E-state index in [2.05, 4.69) is 0 Å². The Labute approximate surface area is 83.2 Å². The molecule has 2 unspecified atom stereocenters. The summed E-state index contributed by atoms with van der Waals surface area (Å²) in [6.45, 7) is 2.40. The number of benzene rings is 1. The topological polar surface area (TPSA) is 45.6 Å². The average molecular weight is 191 g/mol. The highest BCUT2D eigenvalue weighted by Gasteiger charge is 2.44. The van der Waals surface area contributed by atoms with Gasteiger partial charge in [-0.1, -0.05) is 30.3 Å². The van der Waals surface area contributed by atoms with Gasteiger partial charge in [-0.3, -0.25) is 5.41 Å². The van der Waals surface area contributed by atoms with Gasteiger partial charge in [-0.25, -0.2) is 0 Å². The van der Waals surface area contributed by atoms with Crippen molar-refractivity contribution in [1.29, 1.82) is 5.41 Å². The zero-order valence-corrected chi connectivity index (χ0v) is 8.07. The summed E-state index contributed by atoms with van der Waals surface area (Å²) >= 11 is 0. The third-order valence-corrected chi connectivity index (χ3v) is 2.18. The van der Waals surface area contributed by atoms with E-state index in [0.717, 1.165) is 5.56 Å². The quantitative estimate of drug-likeness (QED) is 0.452. The van der Waals surface area contributed by atoms with Crippen LogP contribution in [0.15, 0.2) is 30.3 Å². The summed E-state index contributed by atoms with van der Waals surface area (Å²) in [7, 11) is 0. The molecule has 14 heavy (non-hydrogen) atoms. The van der Waals surface area contributed by atoms with Gasteiger partial charge >= 0.3 is 0 Å². The minimum absolute atomic E-state index is 0.0234. The zero-order valence-electron chi connectivity index (χ0n) is 8.07. The molecule has 1 aromatic rings. The van der Waals surface area contributed by atoms with E-state index in [1.54, 1.807) is 0 Å². The van der Waals surface area contributed by atoms with Crippen LogP contribution in [0, 0.1) is 5.41 Å². The number of hydrogen-bond donors (Lipinski definition) is 1. The Morgan fingerprint density at radius 1 is 1.43 bits per heavy atom. The highest BCUT2D eigenvalue weighted by Crippen LogP contribution is 2.39. The molecule has 74 valence electrons. The third-order valence-electron chi connectivity index (χ3n) is 2.18. The number of epoxide rings is 1. The fraction of sp³-hybridized carbons (Fsp3) is 0.364. The Morgan fingerprint density at radius 2 is 2.14 bits per heavy atom. The molecule has 0 bridgehead atoms. The standard InChI is InChI=1S/C11H13NO2/c1-2-13-11(12)10-9(14-10)8-6-4-3-5-7-8/h3-7,9-10,12H,2H2,1H3. The summed E-state index contributed by atoms with van der Waals surface area (Å²) in [6.07, 6.45) is -0.146. The molecule has 1 saturated heterocycles. The number of ether oxygens (including phenoxy) is 2. The van der Waals surface area contributed by atoms with Crippen LogP contribution < -0.4 is 0 Å². The van der Waals surface area contributed by atoms with Gasteiger partial charge in [0.15, 0.2) is 6.10 Å². The largest absolute Gasteiger partial charge is 0.479 e. The molecule has 1 aromatic carbocycles. The average Bonchev–Trinajstić information content (AvgIpc) is 2.99. The van der Waals surface area contributed by atoms with Gasteiger partial charge in [0.1, 0.15) is 6.10 Å². The summed E-state index contributed by atoms with van der Waals surface area (Å²) in [5.74, 6) is 0.237. The Kier molecular flexibility index (Phi) is 2.50. The lowest BCUT2D eigenvalue weighted by Crippen LogP contribution is -2.10.